The van der Waals surface area contributed by atoms with Crippen LogP contribution in [0.3, 0.4) is 0 Å². The number of aliphatic hydroxyl groups excluding tert-OH is 1. The molecule has 35 heavy (non-hydrogen) atoms. The van der Waals surface area contributed by atoms with Gasteiger partial charge in [0.2, 0.25) is 5.94 Å². The summed E-state index contributed by atoms with van der Waals surface area (Å²) in [6, 6.07) is 10.7. The quantitative estimate of drug-likeness (QED) is 0.466. The molecule has 0 spiro atoms. The molecular formula is C27H28F2N2O3S. The normalized spacial score (nSPS) is 23.1. The molecule has 0 radical (unpaired) electrons. The number of benzene rings is 2. The van der Waals surface area contributed by atoms with Gasteiger partial charge in [0.1, 0.15) is 5.82 Å². The molecule has 0 saturated heterocycles. The molecule has 1 N–H and O–H groups in total. The van der Waals surface area contributed by atoms with Crippen LogP contribution in [0.2, 0.25) is 0 Å². The molecular weight excluding hydrogens is 470 g/mol. The van der Waals surface area contributed by atoms with Gasteiger partial charge in [-0.1, -0.05) is 18.6 Å². The summed E-state index contributed by atoms with van der Waals surface area (Å²) >= 11 is -1.23. The fourth-order valence-corrected chi connectivity index (χ4v) is 5.86. The Labute approximate surface area is 206 Å². The van der Waals surface area contributed by atoms with E-state index in [4.69, 9.17) is 4.74 Å². The fraction of sp³-hybridized carbons (Fsp3) is 0.370. The van der Waals surface area contributed by atoms with Crippen molar-refractivity contribution in [1.29, 1.82) is 0 Å². The number of ether oxygens (including phenoxy) is 1. The monoisotopic (exact) mass is 498 g/mol. The third-order valence-electron chi connectivity index (χ3n) is 7.40. The molecule has 5 rings (SSSR count). The first-order valence-electron chi connectivity index (χ1n) is 11.7. The first-order chi connectivity index (χ1) is 16.8. The van der Waals surface area contributed by atoms with Gasteiger partial charge in [0.05, 0.1) is 29.9 Å². The number of nitrogens with zero attached hydrogens (tertiary/aromatic N) is 2. The van der Waals surface area contributed by atoms with Gasteiger partial charge < -0.3 is 14.4 Å². The Hall–Kier alpha value is -2.68. The summed E-state index contributed by atoms with van der Waals surface area (Å²) in [5.41, 5.74) is 4.42. The molecule has 5 nitrogen and oxygen atoms in total. The van der Waals surface area contributed by atoms with Crippen molar-refractivity contribution in [2.45, 2.75) is 38.7 Å². The number of allylic oxidation sites excluding steroid dienone is 1. The molecule has 1 fully saturated rings. The van der Waals surface area contributed by atoms with Crippen molar-refractivity contribution in [2.24, 2.45) is 11.3 Å². The van der Waals surface area contributed by atoms with Gasteiger partial charge in [0, 0.05) is 0 Å². The highest BCUT2D eigenvalue weighted by Gasteiger charge is 2.46. The Morgan fingerprint density at radius 2 is 2.03 bits per heavy atom. The van der Waals surface area contributed by atoms with Crippen molar-refractivity contribution < 1.29 is 23.2 Å². The fourth-order valence-electron chi connectivity index (χ4n) is 5.57. The minimum Gasteiger partial charge on any atom is -0.614 e. The molecule has 1 heterocycles. The van der Waals surface area contributed by atoms with Gasteiger partial charge in [-0.2, -0.15) is 5.10 Å². The van der Waals surface area contributed by atoms with Crippen LogP contribution < -0.4 is 4.74 Å². The molecule has 1 saturated carbocycles. The van der Waals surface area contributed by atoms with Crippen LogP contribution in [0.4, 0.5) is 8.78 Å². The smallest absolute Gasteiger partial charge is 0.244 e. The Kier molecular flexibility index (Phi) is 6.46. The summed E-state index contributed by atoms with van der Waals surface area (Å²) in [4.78, 5) is 0. The minimum absolute atomic E-state index is 0.0000160. The van der Waals surface area contributed by atoms with Crippen LogP contribution >= 0.6 is 0 Å². The van der Waals surface area contributed by atoms with Gasteiger partial charge in [-0.05, 0) is 102 Å². The topological polar surface area (TPSA) is 70.3 Å². The first-order valence-corrected chi connectivity index (χ1v) is 13.4. The van der Waals surface area contributed by atoms with E-state index in [0.717, 1.165) is 42.6 Å². The van der Waals surface area contributed by atoms with Crippen molar-refractivity contribution in [1.82, 2.24) is 9.78 Å². The molecule has 2 aliphatic carbocycles. The lowest BCUT2D eigenvalue weighted by Gasteiger charge is -2.47. The van der Waals surface area contributed by atoms with Crippen LogP contribution in [0, 0.1) is 23.0 Å². The van der Waals surface area contributed by atoms with Gasteiger partial charge in [0.15, 0.2) is 11.6 Å². The predicted molar refractivity (Wildman–Crippen MR) is 132 cm³/mol. The van der Waals surface area contributed by atoms with Gasteiger partial charge >= 0.3 is 0 Å². The third-order valence-corrected chi connectivity index (χ3v) is 7.85. The molecule has 0 amide bonds. The summed E-state index contributed by atoms with van der Waals surface area (Å²) in [6.45, 7) is 2.19. The highest BCUT2D eigenvalue weighted by atomic mass is 32.2. The molecule has 1 aromatic heterocycles. The Bertz CT molecular complexity index is 1260. The molecule has 8 heteroatoms. The van der Waals surface area contributed by atoms with Crippen LogP contribution in [0.1, 0.15) is 49.1 Å². The Morgan fingerprint density at radius 1 is 1.26 bits per heavy atom. The zero-order valence-corrected chi connectivity index (χ0v) is 20.5. The summed E-state index contributed by atoms with van der Waals surface area (Å²) in [5.74, 6) is -1.02. The minimum atomic E-state index is -1.23. The number of hydrogen-bond donors (Lipinski definition) is 1. The highest BCUT2D eigenvalue weighted by Crippen LogP contribution is 2.55. The summed E-state index contributed by atoms with van der Waals surface area (Å²) < 4.78 is 46.3. The number of rotatable bonds is 6. The van der Waals surface area contributed by atoms with E-state index in [1.165, 1.54) is 36.1 Å². The van der Waals surface area contributed by atoms with Crippen molar-refractivity contribution in [2.75, 3.05) is 12.2 Å². The van der Waals surface area contributed by atoms with E-state index < -0.39 is 23.1 Å². The van der Waals surface area contributed by atoms with Gasteiger partial charge in [0.25, 0.3) is 0 Å². The third kappa shape index (κ3) is 4.50. The second-order valence-corrected chi connectivity index (χ2v) is 11.1. The number of hydrogen-bond acceptors (Lipinski definition) is 4. The number of aromatic nitrogens is 2. The Morgan fingerprint density at radius 3 is 2.77 bits per heavy atom. The van der Waals surface area contributed by atoms with Crippen LogP contribution in [-0.4, -0.2) is 31.6 Å². The summed E-state index contributed by atoms with van der Waals surface area (Å²) in [7, 11) is 0. The lowest BCUT2D eigenvalue weighted by molar-refractivity contribution is 0.0215. The molecule has 4 atom stereocenters. The number of aliphatic hydroxyl groups is 1. The lowest BCUT2D eigenvalue weighted by Crippen LogP contribution is -2.40. The first kappa shape index (κ1) is 24.0. The van der Waals surface area contributed by atoms with Crippen LogP contribution in [0.15, 0.2) is 54.2 Å². The maximum absolute atomic E-state index is 14.3. The number of halogens is 2. The molecule has 3 aromatic rings. The van der Waals surface area contributed by atoms with E-state index in [1.54, 1.807) is 18.2 Å². The van der Waals surface area contributed by atoms with Crippen LogP contribution in [0.5, 0.6) is 5.75 Å². The largest absolute Gasteiger partial charge is 0.614 e. The Balaban J connectivity index is 1.45. The summed E-state index contributed by atoms with van der Waals surface area (Å²) in [6.07, 6.45) is 8.11. The van der Waals surface area contributed by atoms with Crippen molar-refractivity contribution in [3.63, 3.8) is 0 Å². The van der Waals surface area contributed by atoms with Crippen LogP contribution in [0.25, 0.3) is 11.8 Å². The van der Waals surface area contributed by atoms with E-state index in [0.29, 0.717) is 5.56 Å². The van der Waals surface area contributed by atoms with E-state index in [1.807, 2.05) is 10.9 Å². The molecule has 2 aliphatic rings. The molecule has 0 bridgehead atoms. The second kappa shape index (κ2) is 9.41. The average Bonchev–Trinajstić information content (AvgIpc) is 3.23. The molecule has 184 valence electrons. The maximum Gasteiger partial charge on any atom is 0.244 e. The van der Waals surface area contributed by atoms with E-state index in [9.17, 15) is 18.4 Å². The average molecular weight is 499 g/mol. The second-order valence-electron chi connectivity index (χ2n) is 9.68. The number of fused-ring (bicyclic) bond motifs is 2. The molecule has 0 aliphatic heterocycles. The standard InChI is InChI=1S/C27H28F2N2O3S/c1-27-14-18-15-30-31(21-9-7-20(28)8-10-21)24(18)13-19(27)4-3-5-22(27)26(32)17-6-11-23(29)25(12-17)34-16-35(2)33/h6-13,15,22,26,32H,3-5,14,16H2,1-2H3/t22-,26+,27+,35?/m1/s1. The highest BCUT2D eigenvalue weighted by molar-refractivity contribution is 7.90. The van der Waals surface area contributed by atoms with Crippen molar-refractivity contribution in [3.8, 4) is 11.4 Å². The van der Waals surface area contributed by atoms with Crippen molar-refractivity contribution in [3.05, 3.63) is 82.7 Å². The zero-order valence-electron chi connectivity index (χ0n) is 19.7. The zero-order chi connectivity index (χ0) is 24.7. The van der Waals surface area contributed by atoms with E-state index >= 15 is 0 Å². The lowest BCUT2D eigenvalue weighted by atomic mass is 9.57. The van der Waals surface area contributed by atoms with Gasteiger partial charge in [-0.25, -0.2) is 13.5 Å². The predicted octanol–water partition coefficient (Wildman–Crippen LogP) is 5.34. The van der Waals surface area contributed by atoms with Crippen LogP contribution in [-0.2, 0) is 17.6 Å². The van der Waals surface area contributed by atoms with Gasteiger partial charge in [-0.3, -0.25) is 0 Å². The van der Waals surface area contributed by atoms with E-state index in [2.05, 4.69) is 18.1 Å². The van der Waals surface area contributed by atoms with Crippen molar-refractivity contribution >= 4 is 17.3 Å². The summed E-state index contributed by atoms with van der Waals surface area (Å²) in [5, 5.41) is 16.1. The van der Waals surface area contributed by atoms with E-state index in [-0.39, 0.29) is 28.8 Å². The molecule has 2 aromatic carbocycles. The van der Waals surface area contributed by atoms with Gasteiger partial charge in [-0.15, -0.1) is 0 Å². The maximum atomic E-state index is 14.3. The molecule has 1 unspecified atom stereocenters. The SMILES string of the molecule is C[S+]([O-])COc1cc([C@H](O)[C@H]2CCCC3=Cc4c(cnn4-c4ccc(F)cc4)C[C@@]32C)ccc1F.